The summed E-state index contributed by atoms with van der Waals surface area (Å²) in [5.41, 5.74) is -0.0785. The fourth-order valence-electron chi connectivity index (χ4n) is 2.59. The highest BCUT2D eigenvalue weighted by atomic mass is 19.3. The molecule has 29 heavy (non-hydrogen) atoms. The van der Waals surface area contributed by atoms with E-state index < -0.39 is 25.1 Å². The number of nitrogens with one attached hydrogen (secondary N) is 2. The quantitative estimate of drug-likeness (QED) is 0.586. The smallest absolute Gasteiger partial charge is 0.387 e. The van der Waals surface area contributed by atoms with Crippen molar-refractivity contribution in [2.24, 2.45) is 0 Å². The van der Waals surface area contributed by atoms with Crippen LogP contribution in [0.25, 0.3) is 10.8 Å². The van der Waals surface area contributed by atoms with Crippen molar-refractivity contribution in [3.63, 3.8) is 0 Å². The number of aromatic nitrogens is 2. The summed E-state index contributed by atoms with van der Waals surface area (Å²) < 4.78 is 34.0. The monoisotopic (exact) mass is 403 g/mol. The number of benzene rings is 2. The first kappa shape index (κ1) is 19.9. The average molecular weight is 403 g/mol. The van der Waals surface area contributed by atoms with Crippen LogP contribution in [-0.2, 0) is 20.7 Å². The summed E-state index contributed by atoms with van der Waals surface area (Å²) in [4.78, 5) is 35.8. The van der Waals surface area contributed by atoms with E-state index in [0.717, 1.165) is 0 Å². The van der Waals surface area contributed by atoms with Gasteiger partial charge < -0.3 is 14.8 Å². The standard InChI is InChI=1S/C19H15F2N3O5/c20-19(21)29-15-8-4-3-7-13(15)22-16(25)10-28-17(26)9-14-11-5-1-2-6-12(11)18(27)24-23-14/h1-8,19H,9-10H2,(H,22,25)(H,24,27). The number of anilines is 1. The molecule has 150 valence electrons. The molecule has 0 aliphatic heterocycles. The number of carbonyl (C=O) groups excluding carboxylic acids is 2. The van der Waals surface area contributed by atoms with Crippen LogP contribution in [0.3, 0.4) is 0 Å². The van der Waals surface area contributed by atoms with Gasteiger partial charge in [0.05, 0.1) is 23.2 Å². The van der Waals surface area contributed by atoms with Gasteiger partial charge >= 0.3 is 12.6 Å². The Labute approximate surface area is 162 Å². The molecule has 1 amide bonds. The van der Waals surface area contributed by atoms with Crippen molar-refractivity contribution in [3.8, 4) is 5.75 Å². The molecule has 2 N–H and O–H groups in total. The zero-order chi connectivity index (χ0) is 20.8. The SMILES string of the molecule is O=C(COC(=O)Cc1n[nH]c(=O)c2ccccc12)Nc1ccccc1OC(F)F. The number of hydrogen-bond donors (Lipinski definition) is 2. The second-order valence-electron chi connectivity index (χ2n) is 5.81. The number of halogens is 2. The van der Waals surface area contributed by atoms with E-state index in [1.54, 1.807) is 24.3 Å². The number of aromatic amines is 1. The van der Waals surface area contributed by atoms with Crippen molar-refractivity contribution in [2.75, 3.05) is 11.9 Å². The number of ether oxygens (including phenoxy) is 2. The van der Waals surface area contributed by atoms with Gasteiger partial charge in [0.1, 0.15) is 5.75 Å². The lowest BCUT2D eigenvalue weighted by Gasteiger charge is -2.11. The van der Waals surface area contributed by atoms with E-state index in [4.69, 9.17) is 4.74 Å². The minimum Gasteiger partial charge on any atom is -0.455 e. The molecular formula is C19H15F2N3O5. The molecule has 0 saturated carbocycles. The number of para-hydroxylation sites is 2. The molecule has 0 saturated heterocycles. The molecule has 3 aromatic rings. The molecule has 10 heteroatoms. The summed E-state index contributed by atoms with van der Waals surface area (Å²) in [6.45, 7) is -3.69. The van der Waals surface area contributed by atoms with Gasteiger partial charge in [0, 0.05) is 5.39 Å². The van der Waals surface area contributed by atoms with Gasteiger partial charge in [-0.15, -0.1) is 0 Å². The molecule has 3 rings (SSSR count). The van der Waals surface area contributed by atoms with Gasteiger partial charge in [-0.1, -0.05) is 30.3 Å². The Kier molecular flexibility index (Phi) is 6.12. The molecule has 0 aliphatic rings. The van der Waals surface area contributed by atoms with Crippen LogP contribution in [0.4, 0.5) is 14.5 Å². The lowest BCUT2D eigenvalue weighted by Crippen LogP contribution is -2.23. The number of rotatable bonds is 7. The summed E-state index contributed by atoms with van der Waals surface area (Å²) in [5.74, 6) is -1.70. The molecule has 2 aromatic carbocycles. The van der Waals surface area contributed by atoms with E-state index in [9.17, 15) is 23.2 Å². The first-order chi connectivity index (χ1) is 13.9. The fourth-order valence-corrected chi connectivity index (χ4v) is 2.59. The number of carbonyl (C=O) groups is 2. The first-order valence-electron chi connectivity index (χ1n) is 8.39. The van der Waals surface area contributed by atoms with Crippen molar-refractivity contribution in [1.82, 2.24) is 10.2 Å². The number of hydrogen-bond acceptors (Lipinski definition) is 6. The predicted octanol–water partition coefficient (Wildman–Crippen LogP) is 2.25. The van der Waals surface area contributed by atoms with Gasteiger partial charge in [-0.25, -0.2) is 5.10 Å². The van der Waals surface area contributed by atoms with Crippen molar-refractivity contribution >= 4 is 28.3 Å². The van der Waals surface area contributed by atoms with Crippen LogP contribution < -0.4 is 15.6 Å². The van der Waals surface area contributed by atoms with E-state index in [2.05, 4.69) is 20.3 Å². The topological polar surface area (TPSA) is 110 Å². The maximum atomic E-state index is 12.4. The number of alkyl halides is 2. The van der Waals surface area contributed by atoms with Crippen molar-refractivity contribution in [3.05, 3.63) is 64.6 Å². The molecule has 0 fully saturated rings. The summed E-state index contributed by atoms with van der Waals surface area (Å²) in [6, 6.07) is 12.2. The maximum Gasteiger partial charge on any atom is 0.387 e. The van der Waals surface area contributed by atoms with Crippen LogP contribution >= 0.6 is 0 Å². The Hall–Kier alpha value is -3.82. The summed E-state index contributed by atoms with van der Waals surface area (Å²) >= 11 is 0. The summed E-state index contributed by atoms with van der Waals surface area (Å²) in [7, 11) is 0. The highest BCUT2D eigenvalue weighted by Gasteiger charge is 2.15. The second kappa shape index (κ2) is 8.91. The molecule has 1 heterocycles. The molecule has 0 atom stereocenters. The third-order valence-electron chi connectivity index (χ3n) is 3.83. The Balaban J connectivity index is 1.60. The molecule has 8 nitrogen and oxygen atoms in total. The lowest BCUT2D eigenvalue weighted by atomic mass is 10.1. The van der Waals surface area contributed by atoms with E-state index in [0.29, 0.717) is 16.5 Å². The van der Waals surface area contributed by atoms with E-state index in [-0.39, 0.29) is 23.4 Å². The Morgan fingerprint density at radius 3 is 2.52 bits per heavy atom. The maximum absolute atomic E-state index is 12.4. The normalized spacial score (nSPS) is 10.7. The molecule has 0 unspecified atom stereocenters. The van der Waals surface area contributed by atoms with Crippen LogP contribution in [-0.4, -0.2) is 35.3 Å². The van der Waals surface area contributed by atoms with Gasteiger partial charge in [0.25, 0.3) is 11.5 Å². The number of fused-ring (bicyclic) bond motifs is 1. The van der Waals surface area contributed by atoms with Crippen LogP contribution in [0.5, 0.6) is 5.75 Å². The van der Waals surface area contributed by atoms with Crippen LogP contribution in [0, 0.1) is 0 Å². The zero-order valence-corrected chi connectivity index (χ0v) is 14.9. The Bertz CT molecular complexity index is 1100. The Morgan fingerprint density at radius 2 is 1.76 bits per heavy atom. The van der Waals surface area contributed by atoms with Gasteiger partial charge in [0.15, 0.2) is 6.61 Å². The largest absolute Gasteiger partial charge is 0.455 e. The molecule has 0 aliphatic carbocycles. The number of amides is 1. The summed E-state index contributed by atoms with van der Waals surface area (Å²) in [6.07, 6.45) is -0.268. The lowest BCUT2D eigenvalue weighted by molar-refractivity contribution is -0.146. The molecular weight excluding hydrogens is 388 g/mol. The van der Waals surface area contributed by atoms with E-state index in [1.807, 2.05) is 0 Å². The Morgan fingerprint density at radius 1 is 1.07 bits per heavy atom. The molecule has 0 bridgehead atoms. The minimum atomic E-state index is -3.05. The number of esters is 1. The average Bonchev–Trinajstić information content (AvgIpc) is 2.70. The highest BCUT2D eigenvalue weighted by Crippen LogP contribution is 2.25. The highest BCUT2D eigenvalue weighted by molar-refractivity contribution is 5.94. The van der Waals surface area contributed by atoms with Crippen LogP contribution in [0.2, 0.25) is 0 Å². The molecule has 0 spiro atoms. The fraction of sp³-hybridized carbons (Fsp3) is 0.158. The zero-order valence-electron chi connectivity index (χ0n) is 14.9. The first-order valence-corrected chi connectivity index (χ1v) is 8.39. The molecule has 1 aromatic heterocycles. The number of H-pyrrole nitrogens is 1. The summed E-state index contributed by atoms with van der Waals surface area (Å²) in [5, 5.41) is 9.36. The van der Waals surface area contributed by atoms with Crippen LogP contribution in [0.1, 0.15) is 5.69 Å². The number of nitrogens with zero attached hydrogens (tertiary/aromatic N) is 1. The minimum absolute atomic E-state index is 0.0159. The third-order valence-corrected chi connectivity index (χ3v) is 3.83. The third kappa shape index (κ3) is 5.12. The van der Waals surface area contributed by atoms with E-state index >= 15 is 0 Å². The predicted molar refractivity (Wildman–Crippen MR) is 98.7 cm³/mol. The van der Waals surface area contributed by atoms with Gasteiger partial charge in [-0.05, 0) is 18.2 Å². The van der Waals surface area contributed by atoms with Gasteiger partial charge in [-0.2, -0.15) is 13.9 Å². The van der Waals surface area contributed by atoms with Crippen molar-refractivity contribution < 1.29 is 27.8 Å². The second-order valence-corrected chi connectivity index (χ2v) is 5.81. The molecule has 0 radical (unpaired) electrons. The van der Waals surface area contributed by atoms with Gasteiger partial charge in [-0.3, -0.25) is 14.4 Å². The van der Waals surface area contributed by atoms with Crippen molar-refractivity contribution in [1.29, 1.82) is 0 Å². The van der Waals surface area contributed by atoms with E-state index in [1.165, 1.54) is 24.3 Å². The van der Waals surface area contributed by atoms with Crippen molar-refractivity contribution in [2.45, 2.75) is 13.0 Å². The van der Waals surface area contributed by atoms with Gasteiger partial charge in [0.2, 0.25) is 0 Å². The van der Waals surface area contributed by atoms with Crippen LogP contribution in [0.15, 0.2) is 53.3 Å².